The van der Waals surface area contributed by atoms with Crippen molar-refractivity contribution in [3.8, 4) is 0 Å². The molecule has 13 heteroatoms. The van der Waals surface area contributed by atoms with Crippen LogP contribution in [0, 0.1) is 5.92 Å². The number of benzene rings is 1. The van der Waals surface area contributed by atoms with E-state index in [1.807, 2.05) is 44.2 Å². The van der Waals surface area contributed by atoms with E-state index in [4.69, 9.17) is 4.52 Å². The van der Waals surface area contributed by atoms with Crippen LogP contribution in [0.25, 0.3) is 0 Å². The Morgan fingerprint density at radius 1 is 0.955 bits per heavy atom. The lowest BCUT2D eigenvalue weighted by Crippen LogP contribution is -2.57. The molecule has 3 atom stereocenters. The van der Waals surface area contributed by atoms with Gasteiger partial charge in [0.05, 0.1) is 6.54 Å². The maximum absolute atomic E-state index is 13.5. The topological polar surface area (TPSA) is 176 Å². The van der Waals surface area contributed by atoms with E-state index >= 15 is 0 Å². The SMILES string of the molecule is CC(C)C[C@H]1NC(=O)[C@@H](C)NC(=O)c2cc(on2)CN(C(=O)c2ccccn2)CCNC(=O)[C@@H](Cc2ccccc2)NC1=O. The monoisotopic (exact) mass is 603 g/mol. The first-order chi connectivity index (χ1) is 21.1. The summed E-state index contributed by atoms with van der Waals surface area (Å²) in [6, 6.07) is 12.6. The predicted molar refractivity (Wildman–Crippen MR) is 159 cm³/mol. The van der Waals surface area contributed by atoms with Crippen LogP contribution in [-0.2, 0) is 27.3 Å². The molecule has 0 saturated carbocycles. The van der Waals surface area contributed by atoms with Crippen molar-refractivity contribution in [3.63, 3.8) is 0 Å². The minimum atomic E-state index is -1.02. The van der Waals surface area contributed by atoms with Gasteiger partial charge in [0.1, 0.15) is 23.8 Å². The fraction of sp³-hybridized carbons (Fsp3) is 0.387. The zero-order valence-electron chi connectivity index (χ0n) is 24.9. The van der Waals surface area contributed by atoms with Gasteiger partial charge in [-0.25, -0.2) is 0 Å². The van der Waals surface area contributed by atoms with Crippen LogP contribution >= 0.6 is 0 Å². The maximum Gasteiger partial charge on any atom is 0.274 e. The molecule has 0 fully saturated rings. The van der Waals surface area contributed by atoms with Gasteiger partial charge in [-0.15, -0.1) is 0 Å². The fourth-order valence-corrected chi connectivity index (χ4v) is 4.69. The van der Waals surface area contributed by atoms with E-state index in [9.17, 15) is 24.0 Å². The Hall–Kier alpha value is -5.07. The summed E-state index contributed by atoms with van der Waals surface area (Å²) in [7, 11) is 0. The number of nitrogens with zero attached hydrogens (tertiary/aromatic N) is 3. The molecule has 232 valence electrons. The number of carbonyl (C=O) groups excluding carboxylic acids is 5. The van der Waals surface area contributed by atoms with Crippen molar-refractivity contribution >= 4 is 29.5 Å². The lowest BCUT2D eigenvalue weighted by molar-refractivity contribution is -0.132. The molecule has 0 unspecified atom stereocenters. The van der Waals surface area contributed by atoms with Crippen molar-refractivity contribution in [1.82, 2.24) is 36.3 Å². The van der Waals surface area contributed by atoms with Gasteiger partial charge in [-0.1, -0.05) is 55.4 Å². The first-order valence-corrected chi connectivity index (χ1v) is 14.5. The quantitative estimate of drug-likeness (QED) is 0.337. The highest BCUT2D eigenvalue weighted by molar-refractivity contribution is 5.97. The van der Waals surface area contributed by atoms with Crippen LogP contribution in [0.15, 0.2) is 65.3 Å². The number of hydrogen-bond donors (Lipinski definition) is 4. The molecular weight excluding hydrogens is 566 g/mol. The lowest BCUT2D eigenvalue weighted by Gasteiger charge is -2.26. The number of rotatable bonds is 5. The summed E-state index contributed by atoms with van der Waals surface area (Å²) in [5.74, 6) is -2.40. The van der Waals surface area contributed by atoms with Gasteiger partial charge >= 0.3 is 0 Å². The molecule has 1 aliphatic rings. The van der Waals surface area contributed by atoms with Crippen molar-refractivity contribution < 1.29 is 28.5 Å². The zero-order valence-corrected chi connectivity index (χ0v) is 24.9. The van der Waals surface area contributed by atoms with Crippen LogP contribution in [-0.4, -0.2) is 75.8 Å². The lowest BCUT2D eigenvalue weighted by atomic mass is 10.0. The standard InChI is InChI=1S/C31H37N7O6/c1-19(2)15-24-29(41)36-25(16-21-9-5-4-6-10-21)28(40)33-13-14-38(31(43)23-11-7-8-12-32-23)18-22-17-26(37-44-22)30(42)34-20(3)27(39)35-24/h4-12,17,19-20,24-25H,13-16,18H2,1-3H3,(H,33,40)(H,34,42)(H,35,39)(H,36,41)/t20-,24-,25-/m1/s1. The summed E-state index contributed by atoms with van der Waals surface area (Å²) in [5.41, 5.74) is 0.923. The first kappa shape index (κ1) is 31.9. The second-order valence-electron chi connectivity index (χ2n) is 11.0. The van der Waals surface area contributed by atoms with E-state index in [0.717, 1.165) is 5.56 Å². The summed E-state index contributed by atoms with van der Waals surface area (Å²) >= 11 is 0. The van der Waals surface area contributed by atoms with Crippen LogP contribution in [0.5, 0.6) is 0 Å². The Bertz CT molecular complexity index is 1460. The minimum absolute atomic E-state index is 0.0337. The molecule has 2 bridgehead atoms. The minimum Gasteiger partial charge on any atom is -0.359 e. The van der Waals surface area contributed by atoms with Crippen LogP contribution in [0.4, 0.5) is 0 Å². The normalized spacial score (nSPS) is 20.5. The van der Waals surface area contributed by atoms with Crippen LogP contribution in [0.1, 0.15) is 59.5 Å². The summed E-state index contributed by atoms with van der Waals surface area (Å²) in [5, 5.41) is 14.7. The Kier molecular flexibility index (Phi) is 10.8. The molecule has 3 aromatic rings. The summed E-state index contributed by atoms with van der Waals surface area (Å²) in [6.45, 7) is 5.34. The molecule has 0 radical (unpaired) electrons. The molecule has 5 amide bonds. The van der Waals surface area contributed by atoms with Crippen molar-refractivity contribution in [2.75, 3.05) is 13.1 Å². The van der Waals surface area contributed by atoms with E-state index in [1.165, 1.54) is 24.1 Å². The molecule has 2 aromatic heterocycles. The van der Waals surface area contributed by atoms with Gasteiger partial charge in [0, 0.05) is 31.8 Å². The molecule has 0 spiro atoms. The van der Waals surface area contributed by atoms with Gasteiger partial charge in [0.25, 0.3) is 11.8 Å². The van der Waals surface area contributed by atoms with E-state index in [2.05, 4.69) is 31.4 Å². The summed E-state index contributed by atoms with van der Waals surface area (Å²) in [4.78, 5) is 71.8. The number of nitrogens with one attached hydrogen (secondary N) is 4. The van der Waals surface area contributed by atoms with Crippen molar-refractivity contribution in [3.05, 3.63) is 83.5 Å². The highest BCUT2D eigenvalue weighted by Crippen LogP contribution is 2.12. The smallest absolute Gasteiger partial charge is 0.274 e. The second-order valence-corrected chi connectivity index (χ2v) is 11.0. The highest BCUT2D eigenvalue weighted by atomic mass is 16.5. The number of hydrogen-bond acceptors (Lipinski definition) is 8. The van der Waals surface area contributed by atoms with Gasteiger partial charge in [-0.3, -0.25) is 29.0 Å². The van der Waals surface area contributed by atoms with Gasteiger partial charge in [0.15, 0.2) is 11.5 Å². The third-order valence-electron chi connectivity index (χ3n) is 6.99. The van der Waals surface area contributed by atoms with E-state index in [0.29, 0.717) is 6.42 Å². The van der Waals surface area contributed by atoms with Crippen LogP contribution in [0.3, 0.4) is 0 Å². The highest BCUT2D eigenvalue weighted by Gasteiger charge is 2.30. The number of aromatic nitrogens is 2. The van der Waals surface area contributed by atoms with Gasteiger partial charge < -0.3 is 30.7 Å². The molecule has 3 heterocycles. The molecule has 1 aromatic carbocycles. The van der Waals surface area contributed by atoms with Gasteiger partial charge in [-0.05, 0) is 37.0 Å². The molecule has 4 N–H and O–H groups in total. The predicted octanol–water partition coefficient (Wildman–Crippen LogP) is 1.22. The molecule has 4 rings (SSSR count). The van der Waals surface area contributed by atoms with E-state index < -0.39 is 47.7 Å². The largest absolute Gasteiger partial charge is 0.359 e. The molecule has 44 heavy (non-hydrogen) atoms. The number of carbonyl (C=O) groups is 5. The average molecular weight is 604 g/mol. The Morgan fingerprint density at radius 3 is 2.39 bits per heavy atom. The number of pyridine rings is 1. The summed E-state index contributed by atoms with van der Waals surface area (Å²) in [6.07, 6.45) is 1.99. The van der Waals surface area contributed by atoms with Crippen molar-refractivity contribution in [2.24, 2.45) is 5.92 Å². The van der Waals surface area contributed by atoms with Crippen molar-refractivity contribution in [1.29, 1.82) is 0 Å². The van der Waals surface area contributed by atoms with Gasteiger partial charge in [-0.2, -0.15) is 0 Å². The molecule has 0 saturated heterocycles. The van der Waals surface area contributed by atoms with Crippen LogP contribution < -0.4 is 21.3 Å². The average Bonchev–Trinajstić information content (AvgIpc) is 3.48. The summed E-state index contributed by atoms with van der Waals surface area (Å²) < 4.78 is 5.34. The molecule has 13 nitrogen and oxygen atoms in total. The maximum atomic E-state index is 13.5. The van der Waals surface area contributed by atoms with E-state index in [-0.39, 0.29) is 49.1 Å². The third kappa shape index (κ3) is 8.72. The third-order valence-corrected chi connectivity index (χ3v) is 6.99. The van der Waals surface area contributed by atoms with Crippen LogP contribution in [0.2, 0.25) is 0 Å². The Labute approximate surface area is 255 Å². The fourth-order valence-electron chi connectivity index (χ4n) is 4.69. The first-order valence-electron chi connectivity index (χ1n) is 14.5. The number of fused-ring (bicyclic) bond motifs is 2. The number of amides is 5. The molecular formula is C31H37N7O6. The zero-order chi connectivity index (χ0) is 31.6. The molecule has 1 aliphatic heterocycles. The Balaban J connectivity index is 1.64. The molecule has 0 aliphatic carbocycles. The van der Waals surface area contributed by atoms with Gasteiger partial charge in [0.2, 0.25) is 17.7 Å². The van der Waals surface area contributed by atoms with E-state index in [1.54, 1.807) is 18.2 Å². The Morgan fingerprint density at radius 2 is 1.68 bits per heavy atom. The second kappa shape index (κ2) is 14.9. The van der Waals surface area contributed by atoms with Crippen molar-refractivity contribution in [2.45, 2.75) is 58.3 Å².